The molecule has 6 nitrogen and oxygen atoms in total. The van der Waals surface area contributed by atoms with Gasteiger partial charge in [0.15, 0.2) is 0 Å². The minimum atomic E-state index is -0.393. The van der Waals surface area contributed by atoms with Gasteiger partial charge in [0.1, 0.15) is 18.5 Å². The van der Waals surface area contributed by atoms with Crippen LogP contribution in [-0.4, -0.2) is 52.0 Å². The van der Waals surface area contributed by atoms with Crippen LogP contribution in [0.1, 0.15) is 5.56 Å². The van der Waals surface area contributed by atoms with Gasteiger partial charge < -0.3 is 24.8 Å². The standard InChI is InChI=1S/C15H22N2O4/c1-19-8-9-20-13-4-2-12(3-5-13)10-17-15(18)14-11-16-6-7-21-14/h2-5,14,16H,6-11H2,1H3,(H,17,18). The lowest BCUT2D eigenvalue weighted by molar-refractivity contribution is -0.134. The number of methoxy groups -OCH3 is 1. The van der Waals surface area contributed by atoms with Crippen molar-refractivity contribution in [1.29, 1.82) is 0 Å². The first kappa shape index (κ1) is 15.8. The molecule has 6 heteroatoms. The molecule has 1 unspecified atom stereocenters. The molecule has 0 spiro atoms. The Morgan fingerprint density at radius 2 is 2.19 bits per heavy atom. The minimum absolute atomic E-state index is 0.0809. The Kier molecular flexibility index (Phi) is 6.46. The summed E-state index contributed by atoms with van der Waals surface area (Å²) >= 11 is 0. The van der Waals surface area contributed by atoms with E-state index in [1.54, 1.807) is 7.11 Å². The average molecular weight is 294 g/mol. The Morgan fingerprint density at radius 3 is 2.86 bits per heavy atom. The maximum Gasteiger partial charge on any atom is 0.250 e. The summed E-state index contributed by atoms with van der Waals surface area (Å²) in [5.41, 5.74) is 1.02. The van der Waals surface area contributed by atoms with E-state index >= 15 is 0 Å². The lowest BCUT2D eigenvalue weighted by atomic mass is 10.2. The fourth-order valence-electron chi connectivity index (χ4n) is 1.98. The van der Waals surface area contributed by atoms with Gasteiger partial charge in [0.05, 0.1) is 13.2 Å². The maximum atomic E-state index is 11.9. The van der Waals surface area contributed by atoms with Gasteiger partial charge in [-0.2, -0.15) is 0 Å². The van der Waals surface area contributed by atoms with Crippen LogP contribution in [0.25, 0.3) is 0 Å². The largest absolute Gasteiger partial charge is 0.491 e. The van der Waals surface area contributed by atoms with Crippen LogP contribution in [0, 0.1) is 0 Å². The molecule has 0 bridgehead atoms. The van der Waals surface area contributed by atoms with E-state index < -0.39 is 6.10 Å². The van der Waals surface area contributed by atoms with Crippen molar-refractivity contribution >= 4 is 5.91 Å². The van der Waals surface area contributed by atoms with E-state index in [1.807, 2.05) is 24.3 Å². The number of hydrogen-bond acceptors (Lipinski definition) is 5. The fraction of sp³-hybridized carbons (Fsp3) is 0.533. The summed E-state index contributed by atoms with van der Waals surface area (Å²) in [5.74, 6) is 0.713. The number of carbonyl (C=O) groups is 1. The Bertz CT molecular complexity index is 430. The van der Waals surface area contributed by atoms with Crippen molar-refractivity contribution in [2.45, 2.75) is 12.6 Å². The number of benzene rings is 1. The Labute approximate surface area is 124 Å². The highest BCUT2D eigenvalue weighted by molar-refractivity contribution is 5.81. The molecule has 2 N–H and O–H groups in total. The van der Waals surface area contributed by atoms with Gasteiger partial charge in [0.25, 0.3) is 5.91 Å². The summed E-state index contributed by atoms with van der Waals surface area (Å²) in [5, 5.41) is 6.01. The summed E-state index contributed by atoms with van der Waals surface area (Å²) in [4.78, 5) is 11.9. The van der Waals surface area contributed by atoms with Gasteiger partial charge >= 0.3 is 0 Å². The van der Waals surface area contributed by atoms with Crippen molar-refractivity contribution in [3.8, 4) is 5.75 Å². The van der Waals surface area contributed by atoms with Crippen LogP contribution in [0.3, 0.4) is 0 Å². The molecule has 1 fully saturated rings. The van der Waals surface area contributed by atoms with E-state index in [-0.39, 0.29) is 5.91 Å². The zero-order chi connectivity index (χ0) is 14.9. The van der Waals surface area contributed by atoms with Crippen molar-refractivity contribution in [3.63, 3.8) is 0 Å². The summed E-state index contributed by atoms with van der Waals surface area (Å²) in [6.45, 7) is 3.51. The van der Waals surface area contributed by atoms with Crippen LogP contribution >= 0.6 is 0 Å². The number of morpholine rings is 1. The smallest absolute Gasteiger partial charge is 0.250 e. The Hall–Kier alpha value is -1.63. The number of amides is 1. The van der Waals surface area contributed by atoms with Crippen molar-refractivity contribution in [3.05, 3.63) is 29.8 Å². The molecular weight excluding hydrogens is 272 g/mol. The minimum Gasteiger partial charge on any atom is -0.491 e. The van der Waals surface area contributed by atoms with Gasteiger partial charge in [-0.05, 0) is 17.7 Å². The molecule has 2 rings (SSSR count). The maximum absolute atomic E-state index is 11.9. The van der Waals surface area contributed by atoms with E-state index in [9.17, 15) is 4.79 Å². The van der Waals surface area contributed by atoms with Crippen LogP contribution in [0.15, 0.2) is 24.3 Å². The van der Waals surface area contributed by atoms with E-state index in [0.717, 1.165) is 17.9 Å². The first-order valence-electron chi connectivity index (χ1n) is 7.10. The second kappa shape index (κ2) is 8.61. The third-order valence-electron chi connectivity index (χ3n) is 3.17. The van der Waals surface area contributed by atoms with Gasteiger partial charge in [0, 0.05) is 26.7 Å². The number of hydrogen-bond donors (Lipinski definition) is 2. The van der Waals surface area contributed by atoms with Crippen LogP contribution < -0.4 is 15.4 Å². The molecule has 1 aliphatic rings. The lowest BCUT2D eigenvalue weighted by Crippen LogP contribution is -2.47. The highest BCUT2D eigenvalue weighted by Crippen LogP contribution is 2.12. The predicted octanol–water partition coefficient (Wildman–Crippen LogP) is 0.316. The van der Waals surface area contributed by atoms with E-state index in [1.165, 1.54) is 0 Å². The number of carbonyl (C=O) groups excluding carboxylic acids is 1. The molecule has 0 radical (unpaired) electrons. The quantitative estimate of drug-likeness (QED) is 0.709. The first-order chi connectivity index (χ1) is 10.3. The molecule has 1 atom stereocenters. The van der Waals surface area contributed by atoms with Crippen molar-refractivity contribution in [2.75, 3.05) is 40.0 Å². The zero-order valence-electron chi connectivity index (χ0n) is 12.3. The third kappa shape index (κ3) is 5.34. The predicted molar refractivity (Wildman–Crippen MR) is 78.3 cm³/mol. The molecule has 1 aromatic carbocycles. The molecule has 116 valence electrons. The third-order valence-corrected chi connectivity index (χ3v) is 3.17. The molecule has 1 amide bonds. The summed E-state index contributed by atoms with van der Waals surface area (Å²) in [6.07, 6.45) is -0.393. The molecular formula is C15H22N2O4. The molecule has 1 heterocycles. The lowest BCUT2D eigenvalue weighted by Gasteiger charge is -2.22. The summed E-state index contributed by atoms with van der Waals surface area (Å²) < 4.78 is 15.8. The SMILES string of the molecule is COCCOc1ccc(CNC(=O)C2CNCCO2)cc1. The van der Waals surface area contributed by atoms with Crippen molar-refractivity contribution in [1.82, 2.24) is 10.6 Å². The molecule has 1 saturated heterocycles. The summed E-state index contributed by atoms with van der Waals surface area (Å²) in [6, 6.07) is 7.64. The highest BCUT2D eigenvalue weighted by atomic mass is 16.5. The van der Waals surface area contributed by atoms with Crippen LogP contribution in [0.5, 0.6) is 5.75 Å². The van der Waals surface area contributed by atoms with Crippen molar-refractivity contribution in [2.24, 2.45) is 0 Å². The monoisotopic (exact) mass is 294 g/mol. The van der Waals surface area contributed by atoms with Gasteiger partial charge in [-0.15, -0.1) is 0 Å². The normalized spacial score (nSPS) is 18.2. The molecule has 1 aliphatic heterocycles. The first-order valence-corrected chi connectivity index (χ1v) is 7.10. The van der Waals surface area contributed by atoms with Crippen LogP contribution in [-0.2, 0) is 20.8 Å². The van der Waals surface area contributed by atoms with Crippen LogP contribution in [0.2, 0.25) is 0 Å². The number of ether oxygens (including phenoxy) is 3. The van der Waals surface area contributed by atoms with Gasteiger partial charge in [-0.3, -0.25) is 4.79 Å². The second-order valence-corrected chi connectivity index (χ2v) is 4.77. The molecule has 21 heavy (non-hydrogen) atoms. The average Bonchev–Trinajstić information content (AvgIpc) is 2.55. The number of rotatable bonds is 7. The molecule has 0 aliphatic carbocycles. The van der Waals surface area contributed by atoms with Crippen molar-refractivity contribution < 1.29 is 19.0 Å². The molecule has 0 saturated carbocycles. The van der Waals surface area contributed by atoms with E-state index in [0.29, 0.717) is 32.9 Å². The fourth-order valence-corrected chi connectivity index (χ4v) is 1.98. The van der Waals surface area contributed by atoms with Crippen LogP contribution in [0.4, 0.5) is 0 Å². The van der Waals surface area contributed by atoms with Gasteiger partial charge in [-0.1, -0.05) is 12.1 Å². The van der Waals surface area contributed by atoms with Gasteiger partial charge in [0.2, 0.25) is 0 Å². The number of nitrogens with one attached hydrogen (secondary N) is 2. The Balaban J connectivity index is 1.73. The second-order valence-electron chi connectivity index (χ2n) is 4.77. The zero-order valence-corrected chi connectivity index (χ0v) is 12.3. The van der Waals surface area contributed by atoms with E-state index in [4.69, 9.17) is 14.2 Å². The Morgan fingerprint density at radius 1 is 1.38 bits per heavy atom. The highest BCUT2D eigenvalue weighted by Gasteiger charge is 2.21. The topological polar surface area (TPSA) is 68.8 Å². The molecule has 0 aromatic heterocycles. The summed E-state index contributed by atoms with van der Waals surface area (Å²) in [7, 11) is 1.64. The molecule has 1 aromatic rings. The van der Waals surface area contributed by atoms with Gasteiger partial charge in [-0.25, -0.2) is 0 Å². The van der Waals surface area contributed by atoms with E-state index in [2.05, 4.69) is 10.6 Å².